The fraction of sp³-hybridized carbons (Fsp3) is 0.462. The van der Waals surface area contributed by atoms with E-state index in [0.717, 1.165) is 16.6 Å². The lowest BCUT2D eigenvalue weighted by Gasteiger charge is -2.29. The van der Waals surface area contributed by atoms with Crippen LogP contribution in [-0.4, -0.2) is 33.8 Å². The van der Waals surface area contributed by atoms with Crippen LogP contribution in [0.1, 0.15) is 12.5 Å². The standard InChI is InChI=1S/C13H20N2O2.HI/c1-6-15(4,5)12-8-7-11(9-10(12)2)17-13(16)14-3;/h7-9H,6H2,1-5H3;1H. The molecule has 0 aromatic heterocycles. The number of aryl methyl sites for hydroxylation is 1. The summed E-state index contributed by atoms with van der Waals surface area (Å²) in [5.41, 5.74) is 2.36. The van der Waals surface area contributed by atoms with Gasteiger partial charge in [0, 0.05) is 18.7 Å². The highest BCUT2D eigenvalue weighted by molar-refractivity contribution is 5.70. The molecule has 102 valence electrons. The lowest BCUT2D eigenvalue weighted by molar-refractivity contribution is -0.00000883. The van der Waals surface area contributed by atoms with E-state index in [4.69, 9.17) is 4.74 Å². The predicted octanol–water partition coefficient (Wildman–Crippen LogP) is -0.696. The van der Waals surface area contributed by atoms with E-state index >= 15 is 0 Å². The Kier molecular flexibility index (Phi) is 6.62. The first-order valence-electron chi connectivity index (χ1n) is 5.74. The summed E-state index contributed by atoms with van der Waals surface area (Å²) in [4.78, 5) is 11.1. The van der Waals surface area contributed by atoms with E-state index in [9.17, 15) is 4.79 Å². The van der Waals surface area contributed by atoms with Gasteiger partial charge in [-0.15, -0.1) is 0 Å². The number of hydrogen-bond acceptors (Lipinski definition) is 2. The minimum Gasteiger partial charge on any atom is -1.00 e. The van der Waals surface area contributed by atoms with Crippen LogP contribution in [-0.2, 0) is 0 Å². The molecule has 0 bridgehead atoms. The van der Waals surface area contributed by atoms with Gasteiger partial charge >= 0.3 is 6.09 Å². The molecule has 1 amide bonds. The number of halogens is 1. The molecule has 5 heteroatoms. The zero-order chi connectivity index (χ0) is 13.1. The molecule has 0 atom stereocenters. The highest BCUT2D eigenvalue weighted by Crippen LogP contribution is 2.27. The molecule has 0 unspecified atom stereocenters. The second-order valence-electron chi connectivity index (χ2n) is 4.59. The van der Waals surface area contributed by atoms with Gasteiger partial charge in [0.2, 0.25) is 0 Å². The van der Waals surface area contributed by atoms with E-state index in [0.29, 0.717) is 5.75 Å². The molecule has 1 aromatic rings. The number of amides is 1. The van der Waals surface area contributed by atoms with Crippen molar-refractivity contribution in [2.45, 2.75) is 13.8 Å². The molecule has 0 saturated heterocycles. The van der Waals surface area contributed by atoms with Crippen LogP contribution in [0.5, 0.6) is 5.75 Å². The molecule has 0 radical (unpaired) electrons. The molecule has 0 aliphatic rings. The van der Waals surface area contributed by atoms with Crippen molar-refractivity contribution in [2.75, 3.05) is 27.7 Å². The van der Waals surface area contributed by atoms with Crippen LogP contribution >= 0.6 is 0 Å². The molecule has 18 heavy (non-hydrogen) atoms. The average molecular weight is 364 g/mol. The Morgan fingerprint density at radius 2 is 2.00 bits per heavy atom. The maximum atomic E-state index is 11.1. The van der Waals surface area contributed by atoms with Crippen LogP contribution in [0.25, 0.3) is 0 Å². The van der Waals surface area contributed by atoms with Crippen molar-refractivity contribution in [3.05, 3.63) is 23.8 Å². The first-order chi connectivity index (χ1) is 7.90. The molecule has 1 N–H and O–H groups in total. The summed E-state index contributed by atoms with van der Waals surface area (Å²) in [5.74, 6) is 0.571. The predicted molar refractivity (Wildman–Crippen MR) is 70.4 cm³/mol. The highest BCUT2D eigenvalue weighted by atomic mass is 127. The average Bonchev–Trinajstić information content (AvgIpc) is 2.28. The van der Waals surface area contributed by atoms with E-state index in [1.165, 1.54) is 5.69 Å². The Bertz CT molecular complexity index is 419. The maximum Gasteiger partial charge on any atom is 0.412 e. The molecule has 0 fully saturated rings. The monoisotopic (exact) mass is 364 g/mol. The number of quaternary nitrogens is 1. The van der Waals surface area contributed by atoms with Gasteiger partial charge in [-0.3, -0.25) is 4.48 Å². The van der Waals surface area contributed by atoms with Crippen LogP contribution in [0, 0.1) is 6.92 Å². The molecule has 1 rings (SSSR count). The Morgan fingerprint density at radius 1 is 1.39 bits per heavy atom. The van der Waals surface area contributed by atoms with Crippen LogP contribution in [0.4, 0.5) is 10.5 Å². The zero-order valence-electron chi connectivity index (χ0n) is 11.6. The summed E-state index contributed by atoms with van der Waals surface area (Å²) in [6.07, 6.45) is -0.443. The quantitative estimate of drug-likeness (QED) is 0.570. The topological polar surface area (TPSA) is 38.3 Å². The smallest absolute Gasteiger partial charge is 0.412 e. The van der Waals surface area contributed by atoms with Gasteiger partial charge in [-0.1, -0.05) is 0 Å². The molecule has 0 saturated carbocycles. The molecular weight excluding hydrogens is 343 g/mol. The second-order valence-corrected chi connectivity index (χ2v) is 4.59. The Balaban J connectivity index is 0.00000289. The Morgan fingerprint density at radius 3 is 2.44 bits per heavy atom. The molecule has 0 aliphatic carbocycles. The SMILES string of the molecule is CC[N+](C)(C)c1ccc(OC(=O)NC)cc1C.[I-]. The molecule has 4 nitrogen and oxygen atoms in total. The number of carbonyl (C=O) groups is 1. The van der Waals surface area contributed by atoms with Gasteiger partial charge in [0.1, 0.15) is 11.4 Å². The highest BCUT2D eigenvalue weighted by Gasteiger charge is 2.19. The van der Waals surface area contributed by atoms with Crippen molar-refractivity contribution in [3.63, 3.8) is 0 Å². The van der Waals surface area contributed by atoms with E-state index < -0.39 is 6.09 Å². The largest absolute Gasteiger partial charge is 1.00 e. The van der Waals surface area contributed by atoms with Gasteiger partial charge < -0.3 is 34.0 Å². The Hall–Kier alpha value is -0.820. The van der Waals surface area contributed by atoms with Crippen molar-refractivity contribution in [2.24, 2.45) is 0 Å². The van der Waals surface area contributed by atoms with Crippen LogP contribution in [0.15, 0.2) is 18.2 Å². The lowest BCUT2D eigenvalue weighted by atomic mass is 10.1. The molecule has 0 aliphatic heterocycles. The van der Waals surface area contributed by atoms with Gasteiger partial charge in [0.25, 0.3) is 0 Å². The number of benzene rings is 1. The fourth-order valence-corrected chi connectivity index (χ4v) is 1.70. The molecule has 0 heterocycles. The maximum absolute atomic E-state index is 11.1. The molecule has 0 spiro atoms. The fourth-order valence-electron chi connectivity index (χ4n) is 1.70. The van der Waals surface area contributed by atoms with Crippen LogP contribution < -0.4 is 38.5 Å². The Labute approximate surface area is 126 Å². The first-order valence-corrected chi connectivity index (χ1v) is 5.74. The summed E-state index contributed by atoms with van der Waals surface area (Å²) in [6.45, 7) is 5.19. The third kappa shape index (κ3) is 4.13. The van der Waals surface area contributed by atoms with E-state index in [1.54, 1.807) is 7.05 Å². The second kappa shape index (κ2) is 6.94. The van der Waals surface area contributed by atoms with Crippen molar-refractivity contribution in [1.29, 1.82) is 0 Å². The molecule has 1 aromatic carbocycles. The van der Waals surface area contributed by atoms with Crippen molar-refractivity contribution in [1.82, 2.24) is 9.80 Å². The van der Waals surface area contributed by atoms with Crippen molar-refractivity contribution >= 4 is 11.8 Å². The third-order valence-electron chi connectivity index (χ3n) is 3.03. The van der Waals surface area contributed by atoms with Gasteiger partial charge in [-0.2, -0.15) is 0 Å². The van der Waals surface area contributed by atoms with Crippen LogP contribution in [0.3, 0.4) is 0 Å². The minimum absolute atomic E-state index is 0. The van der Waals surface area contributed by atoms with Crippen LogP contribution in [0.2, 0.25) is 0 Å². The number of ether oxygens (including phenoxy) is 1. The summed E-state index contributed by atoms with van der Waals surface area (Å²) in [7, 11) is 5.85. The molecular formula is C13H21IN2O2. The van der Waals surface area contributed by atoms with Gasteiger partial charge in [0.15, 0.2) is 0 Å². The third-order valence-corrected chi connectivity index (χ3v) is 3.03. The summed E-state index contributed by atoms with van der Waals surface area (Å²) in [6, 6.07) is 5.73. The minimum atomic E-state index is -0.443. The summed E-state index contributed by atoms with van der Waals surface area (Å²) < 4.78 is 5.90. The van der Waals surface area contributed by atoms with Crippen molar-refractivity contribution in [3.8, 4) is 5.75 Å². The number of hydrogen-bond donors (Lipinski definition) is 1. The van der Waals surface area contributed by atoms with Crippen molar-refractivity contribution < 1.29 is 33.5 Å². The summed E-state index contributed by atoms with van der Waals surface area (Å²) in [5, 5.41) is 2.42. The van der Waals surface area contributed by atoms with E-state index in [-0.39, 0.29) is 24.0 Å². The van der Waals surface area contributed by atoms with E-state index in [2.05, 4.69) is 26.3 Å². The van der Waals surface area contributed by atoms with Gasteiger partial charge in [-0.05, 0) is 26.0 Å². The number of nitrogens with one attached hydrogen (secondary N) is 1. The zero-order valence-corrected chi connectivity index (χ0v) is 13.7. The van der Waals surface area contributed by atoms with Gasteiger partial charge in [0.05, 0.1) is 20.6 Å². The summed E-state index contributed by atoms with van der Waals surface area (Å²) >= 11 is 0. The van der Waals surface area contributed by atoms with E-state index in [1.807, 2.05) is 25.1 Å². The van der Waals surface area contributed by atoms with Gasteiger partial charge in [-0.25, -0.2) is 4.79 Å². The normalized spacial score (nSPS) is 10.5. The number of nitrogens with zero attached hydrogens (tertiary/aromatic N) is 1. The number of carbonyl (C=O) groups excluding carboxylic acids is 1. The lowest BCUT2D eigenvalue weighted by Crippen LogP contribution is -3.00. The number of rotatable bonds is 3. The first kappa shape index (κ1) is 17.2.